The van der Waals surface area contributed by atoms with Crippen LogP contribution in [0.2, 0.25) is 0 Å². The molecule has 0 atom stereocenters. The highest BCUT2D eigenvalue weighted by molar-refractivity contribution is 6.05. The van der Waals surface area contributed by atoms with Gasteiger partial charge in [-0.1, -0.05) is 12.5 Å². The summed E-state index contributed by atoms with van der Waals surface area (Å²) in [6, 6.07) is 10.3. The van der Waals surface area contributed by atoms with E-state index in [2.05, 4.69) is 10.2 Å². The molecule has 1 aromatic heterocycles. The van der Waals surface area contributed by atoms with Crippen LogP contribution in [0.15, 0.2) is 45.6 Å². The summed E-state index contributed by atoms with van der Waals surface area (Å²) in [6.45, 7) is 2.89. The van der Waals surface area contributed by atoms with Gasteiger partial charge in [-0.3, -0.25) is 4.90 Å². The maximum atomic E-state index is 11.9. The Balaban J connectivity index is 0.000000197. The van der Waals surface area contributed by atoms with Crippen LogP contribution in [-0.4, -0.2) is 43.0 Å². The summed E-state index contributed by atoms with van der Waals surface area (Å²) in [5.41, 5.74) is 0.845. The number of rotatable bonds is 3. The second-order valence-corrected chi connectivity index (χ2v) is 6.61. The monoisotopic (exact) mass is 368 g/mol. The van der Waals surface area contributed by atoms with E-state index in [0.29, 0.717) is 17.5 Å². The van der Waals surface area contributed by atoms with Crippen LogP contribution in [0.3, 0.4) is 0 Å². The number of benzene rings is 2. The number of aldehydes is 1. The molecule has 6 heteroatoms. The molecule has 0 saturated carbocycles. The van der Waals surface area contributed by atoms with Crippen molar-refractivity contribution < 1.29 is 14.3 Å². The van der Waals surface area contributed by atoms with Crippen molar-refractivity contribution in [3.05, 3.63) is 46.8 Å². The Bertz CT molecular complexity index is 991. The molecule has 3 aromatic rings. The quantitative estimate of drug-likeness (QED) is 0.419. The van der Waals surface area contributed by atoms with Crippen molar-refractivity contribution in [3.8, 4) is 5.75 Å². The predicted molar refractivity (Wildman–Crippen MR) is 108 cm³/mol. The average molecular weight is 368 g/mol. The van der Waals surface area contributed by atoms with Gasteiger partial charge in [0.2, 0.25) is 0 Å². The van der Waals surface area contributed by atoms with Crippen molar-refractivity contribution in [1.82, 2.24) is 4.90 Å². The Hall–Kier alpha value is -2.86. The topological polar surface area (TPSA) is 82.8 Å². The number of aromatic hydroxyl groups is 1. The third kappa shape index (κ3) is 4.46. The Morgan fingerprint density at radius 3 is 2.52 bits per heavy atom. The number of likely N-dealkylation sites (tertiary alicyclic amines) is 1. The molecule has 1 aliphatic rings. The number of nitrogens with zero attached hydrogens (tertiary/aromatic N) is 1. The van der Waals surface area contributed by atoms with Crippen LogP contribution in [-0.2, 0) is 4.79 Å². The van der Waals surface area contributed by atoms with E-state index in [0.717, 1.165) is 35.8 Å². The van der Waals surface area contributed by atoms with E-state index in [1.807, 2.05) is 12.1 Å². The third-order valence-corrected chi connectivity index (χ3v) is 4.77. The third-order valence-electron chi connectivity index (χ3n) is 4.77. The smallest absolute Gasteiger partial charge is 0.344 e. The summed E-state index contributed by atoms with van der Waals surface area (Å²) in [5.74, 6) is 0.0804. The second kappa shape index (κ2) is 8.68. The van der Waals surface area contributed by atoms with Gasteiger partial charge in [-0.2, -0.15) is 0 Å². The first-order chi connectivity index (χ1) is 13.1. The summed E-state index contributed by atoms with van der Waals surface area (Å²) in [4.78, 5) is 24.1. The predicted octanol–water partition coefficient (Wildman–Crippen LogP) is 3.36. The van der Waals surface area contributed by atoms with Crippen molar-refractivity contribution in [1.29, 1.82) is 0 Å². The lowest BCUT2D eigenvalue weighted by molar-refractivity contribution is -0.109. The van der Waals surface area contributed by atoms with Gasteiger partial charge in [-0.25, -0.2) is 4.79 Å². The largest absolute Gasteiger partial charge is 0.508 e. The van der Waals surface area contributed by atoms with Crippen LogP contribution in [0.4, 0.5) is 5.69 Å². The SMILES string of the molecule is CNc1ccc2c(c1)c(=O)oc1cc(O)ccc12.O=CCN1CCCCC1. The summed E-state index contributed by atoms with van der Waals surface area (Å²) in [5, 5.41) is 14.5. The van der Waals surface area contributed by atoms with Crippen LogP contribution < -0.4 is 10.9 Å². The highest BCUT2D eigenvalue weighted by Crippen LogP contribution is 2.27. The maximum absolute atomic E-state index is 11.9. The number of piperidine rings is 1. The highest BCUT2D eigenvalue weighted by atomic mass is 16.4. The van der Waals surface area contributed by atoms with Crippen LogP contribution >= 0.6 is 0 Å². The number of anilines is 1. The molecule has 2 N–H and O–H groups in total. The van der Waals surface area contributed by atoms with Gasteiger partial charge in [0.1, 0.15) is 17.6 Å². The molecule has 27 heavy (non-hydrogen) atoms. The minimum atomic E-state index is -0.403. The molecule has 6 nitrogen and oxygen atoms in total. The van der Waals surface area contributed by atoms with Crippen molar-refractivity contribution in [2.45, 2.75) is 19.3 Å². The van der Waals surface area contributed by atoms with Gasteiger partial charge in [0, 0.05) is 29.6 Å². The molecule has 1 saturated heterocycles. The molecular formula is C21H24N2O4. The lowest BCUT2D eigenvalue weighted by Gasteiger charge is -2.23. The first-order valence-corrected chi connectivity index (χ1v) is 9.15. The second-order valence-electron chi connectivity index (χ2n) is 6.61. The fraction of sp³-hybridized carbons (Fsp3) is 0.333. The van der Waals surface area contributed by atoms with Crippen molar-refractivity contribution in [2.24, 2.45) is 0 Å². The van der Waals surface area contributed by atoms with Crippen molar-refractivity contribution >= 4 is 33.7 Å². The molecule has 0 aliphatic carbocycles. The van der Waals surface area contributed by atoms with Gasteiger partial charge in [-0.15, -0.1) is 0 Å². The number of hydrogen-bond acceptors (Lipinski definition) is 6. The zero-order valence-electron chi connectivity index (χ0n) is 15.4. The maximum Gasteiger partial charge on any atom is 0.344 e. The average Bonchev–Trinajstić information content (AvgIpc) is 2.69. The lowest BCUT2D eigenvalue weighted by atomic mass is 10.1. The zero-order chi connectivity index (χ0) is 19.2. The number of phenolic OH excluding ortho intramolecular Hbond substituents is 1. The number of nitrogens with one attached hydrogen (secondary N) is 1. The summed E-state index contributed by atoms with van der Waals surface area (Å²) in [6.07, 6.45) is 4.88. The highest BCUT2D eigenvalue weighted by Gasteiger charge is 2.09. The van der Waals surface area contributed by atoms with Crippen LogP contribution in [0.1, 0.15) is 19.3 Å². The molecule has 0 amide bonds. The van der Waals surface area contributed by atoms with E-state index < -0.39 is 5.63 Å². The minimum absolute atomic E-state index is 0.0804. The van der Waals surface area contributed by atoms with E-state index in [4.69, 9.17) is 4.42 Å². The van der Waals surface area contributed by atoms with Gasteiger partial charge in [0.25, 0.3) is 0 Å². The van der Waals surface area contributed by atoms with Crippen molar-refractivity contribution in [2.75, 3.05) is 32.0 Å². The molecule has 2 heterocycles. The molecule has 142 valence electrons. The van der Waals surface area contributed by atoms with E-state index in [1.54, 1.807) is 25.2 Å². The summed E-state index contributed by atoms with van der Waals surface area (Å²) in [7, 11) is 1.79. The molecule has 4 rings (SSSR count). The molecule has 1 fully saturated rings. The van der Waals surface area contributed by atoms with E-state index in [-0.39, 0.29) is 5.75 Å². The first kappa shape index (κ1) is 18.9. The van der Waals surface area contributed by atoms with Gasteiger partial charge >= 0.3 is 5.63 Å². The lowest BCUT2D eigenvalue weighted by Crippen LogP contribution is -2.31. The Kier molecular flexibility index (Phi) is 6.08. The van der Waals surface area contributed by atoms with Crippen molar-refractivity contribution in [3.63, 3.8) is 0 Å². The molecule has 1 aliphatic heterocycles. The number of hydrogen-bond donors (Lipinski definition) is 2. The summed E-state index contributed by atoms with van der Waals surface area (Å²) >= 11 is 0. The molecule has 0 spiro atoms. The molecular weight excluding hydrogens is 344 g/mol. The van der Waals surface area contributed by atoms with Crippen LogP contribution in [0, 0.1) is 0 Å². The molecule has 0 bridgehead atoms. The van der Waals surface area contributed by atoms with E-state index in [1.165, 1.54) is 25.3 Å². The first-order valence-electron chi connectivity index (χ1n) is 9.15. The number of fused-ring (bicyclic) bond motifs is 3. The normalized spacial score (nSPS) is 14.6. The number of carbonyl (C=O) groups is 1. The molecule has 2 aromatic carbocycles. The Labute approximate surface area is 157 Å². The van der Waals surface area contributed by atoms with Crippen LogP contribution in [0.5, 0.6) is 5.75 Å². The number of carbonyl (C=O) groups excluding carboxylic acids is 1. The standard InChI is InChI=1S/C14H11NO3.C7H13NO/c1-15-8-2-4-10-11-5-3-9(16)7-13(11)18-14(17)12(10)6-8;9-7-6-8-4-2-1-3-5-8/h2-7,15-16H,1H3;7H,1-6H2. The van der Waals surface area contributed by atoms with Gasteiger partial charge in [-0.05, 0) is 50.2 Å². The fourth-order valence-electron chi connectivity index (χ4n) is 3.32. The van der Waals surface area contributed by atoms with Gasteiger partial charge in [0.15, 0.2) is 0 Å². The van der Waals surface area contributed by atoms with E-state index in [9.17, 15) is 14.7 Å². The molecule has 0 unspecified atom stereocenters. The summed E-state index contributed by atoms with van der Waals surface area (Å²) < 4.78 is 5.21. The van der Waals surface area contributed by atoms with E-state index >= 15 is 0 Å². The fourth-order valence-corrected chi connectivity index (χ4v) is 3.32. The zero-order valence-corrected chi connectivity index (χ0v) is 15.4. The number of phenols is 1. The minimum Gasteiger partial charge on any atom is -0.508 e. The van der Waals surface area contributed by atoms with Gasteiger partial charge < -0.3 is 19.6 Å². The van der Waals surface area contributed by atoms with Gasteiger partial charge in [0.05, 0.1) is 11.9 Å². The van der Waals surface area contributed by atoms with Crippen LogP contribution in [0.25, 0.3) is 21.7 Å². The molecule has 0 radical (unpaired) electrons. The Morgan fingerprint density at radius 2 is 1.81 bits per heavy atom. The Morgan fingerprint density at radius 1 is 1.07 bits per heavy atom.